The molecule has 0 unspecified atom stereocenters. The number of hydrogen-bond donors (Lipinski definition) is 1. The average Bonchev–Trinajstić information content (AvgIpc) is 3.07. The quantitative estimate of drug-likeness (QED) is 0.363. The molecule has 2 aromatic rings. The van der Waals surface area contributed by atoms with Crippen molar-refractivity contribution in [3.05, 3.63) is 56.9 Å². The SMILES string of the molecule is CCOC(=O)CN1C(=O)S/C(=C\c2cc(Cl)c(OCC(=O)Nc3ccc(Cl)cc3)c(OC)c2)C1=O. The molecular weight excluding hydrogens is 519 g/mol. The number of ether oxygens (including phenoxy) is 3. The Hall–Kier alpha value is -3.21. The fourth-order valence-electron chi connectivity index (χ4n) is 2.95. The molecule has 12 heteroatoms. The summed E-state index contributed by atoms with van der Waals surface area (Å²) in [5, 5.41) is 2.75. The lowest BCUT2D eigenvalue weighted by Crippen LogP contribution is -2.34. The number of esters is 1. The van der Waals surface area contributed by atoms with E-state index in [1.807, 2.05) is 0 Å². The van der Waals surface area contributed by atoms with E-state index in [4.69, 9.17) is 37.4 Å². The molecule has 0 bridgehead atoms. The van der Waals surface area contributed by atoms with Gasteiger partial charge in [0.15, 0.2) is 18.1 Å². The molecule has 35 heavy (non-hydrogen) atoms. The Labute approximate surface area is 215 Å². The second kappa shape index (κ2) is 12.0. The molecule has 3 amide bonds. The number of benzene rings is 2. The van der Waals surface area contributed by atoms with Crippen molar-refractivity contribution in [3.63, 3.8) is 0 Å². The highest BCUT2D eigenvalue weighted by atomic mass is 35.5. The number of thioether (sulfide) groups is 1. The first-order valence-electron chi connectivity index (χ1n) is 10.2. The van der Waals surface area contributed by atoms with Crippen molar-refractivity contribution in [2.24, 2.45) is 0 Å². The van der Waals surface area contributed by atoms with Crippen molar-refractivity contribution in [2.45, 2.75) is 6.92 Å². The normalized spacial score (nSPS) is 14.3. The number of anilines is 1. The van der Waals surface area contributed by atoms with Crippen molar-refractivity contribution >= 4 is 69.8 Å². The second-order valence-electron chi connectivity index (χ2n) is 6.95. The topological polar surface area (TPSA) is 111 Å². The minimum absolute atomic E-state index is 0.105. The molecule has 1 heterocycles. The van der Waals surface area contributed by atoms with Crippen molar-refractivity contribution < 1.29 is 33.4 Å². The lowest BCUT2D eigenvalue weighted by atomic mass is 10.1. The summed E-state index contributed by atoms with van der Waals surface area (Å²) in [6, 6.07) is 9.62. The van der Waals surface area contributed by atoms with Gasteiger partial charge in [-0.25, -0.2) is 0 Å². The fraction of sp³-hybridized carbons (Fsp3) is 0.217. The average molecular weight is 539 g/mol. The maximum absolute atomic E-state index is 12.6. The number of nitrogens with zero attached hydrogens (tertiary/aromatic N) is 1. The van der Waals surface area contributed by atoms with Gasteiger partial charge in [-0.1, -0.05) is 23.2 Å². The van der Waals surface area contributed by atoms with E-state index in [1.165, 1.54) is 25.3 Å². The molecule has 0 spiro atoms. The largest absolute Gasteiger partial charge is 0.493 e. The van der Waals surface area contributed by atoms with Gasteiger partial charge in [0.2, 0.25) is 0 Å². The molecule has 0 aromatic heterocycles. The van der Waals surface area contributed by atoms with E-state index < -0.39 is 29.6 Å². The van der Waals surface area contributed by atoms with Gasteiger partial charge >= 0.3 is 5.97 Å². The summed E-state index contributed by atoms with van der Waals surface area (Å²) in [5.41, 5.74) is 1.000. The number of hydrogen-bond acceptors (Lipinski definition) is 8. The van der Waals surface area contributed by atoms with E-state index in [-0.39, 0.29) is 34.6 Å². The third-order valence-electron chi connectivity index (χ3n) is 4.49. The molecule has 0 aliphatic carbocycles. The van der Waals surface area contributed by atoms with Gasteiger partial charge in [-0.2, -0.15) is 0 Å². The van der Waals surface area contributed by atoms with Gasteiger partial charge in [-0.15, -0.1) is 0 Å². The molecule has 0 radical (unpaired) electrons. The van der Waals surface area contributed by atoms with Crippen LogP contribution in [0.1, 0.15) is 12.5 Å². The summed E-state index contributed by atoms with van der Waals surface area (Å²) >= 11 is 12.9. The molecule has 1 saturated heterocycles. The van der Waals surface area contributed by atoms with Crippen LogP contribution in [0.3, 0.4) is 0 Å². The van der Waals surface area contributed by atoms with Crippen molar-refractivity contribution in [1.82, 2.24) is 4.90 Å². The summed E-state index contributed by atoms with van der Waals surface area (Å²) in [5.74, 6) is -1.38. The third kappa shape index (κ3) is 6.91. The molecule has 184 valence electrons. The third-order valence-corrected chi connectivity index (χ3v) is 5.93. The highest BCUT2D eigenvalue weighted by Gasteiger charge is 2.36. The lowest BCUT2D eigenvalue weighted by Gasteiger charge is -2.13. The van der Waals surface area contributed by atoms with E-state index >= 15 is 0 Å². The molecule has 0 saturated carbocycles. The van der Waals surface area contributed by atoms with Crippen molar-refractivity contribution in [3.8, 4) is 11.5 Å². The molecular formula is C23H20Cl2N2O7S. The maximum Gasteiger partial charge on any atom is 0.326 e. The van der Waals surface area contributed by atoms with Crippen LogP contribution in [0.25, 0.3) is 6.08 Å². The molecule has 9 nitrogen and oxygen atoms in total. The Balaban J connectivity index is 1.71. The van der Waals surface area contributed by atoms with Gasteiger partial charge in [0.1, 0.15) is 6.54 Å². The molecule has 2 aromatic carbocycles. The fourth-order valence-corrected chi connectivity index (χ4v) is 4.19. The van der Waals surface area contributed by atoms with Crippen molar-refractivity contribution in [1.29, 1.82) is 0 Å². The standard InChI is InChI=1S/C23H20Cl2N2O7S/c1-3-33-20(29)11-27-22(30)18(35-23(27)31)10-13-8-16(25)21(17(9-13)32-2)34-12-19(28)26-15-6-4-14(24)5-7-15/h4-10H,3,11-12H2,1-2H3,(H,26,28)/b18-10-. The first kappa shape index (κ1) is 26.4. The molecule has 1 aliphatic rings. The predicted octanol–water partition coefficient (Wildman–Crippen LogP) is 4.62. The highest BCUT2D eigenvalue weighted by Crippen LogP contribution is 2.39. The van der Waals surface area contributed by atoms with Crippen LogP contribution in [0.15, 0.2) is 41.3 Å². The zero-order chi connectivity index (χ0) is 25.5. The van der Waals surface area contributed by atoms with Crippen LogP contribution in [0.2, 0.25) is 10.0 Å². The highest BCUT2D eigenvalue weighted by molar-refractivity contribution is 8.18. The molecule has 1 fully saturated rings. The number of methoxy groups -OCH3 is 1. The Morgan fingerprint density at radius 1 is 1.14 bits per heavy atom. The number of amides is 3. The van der Waals surface area contributed by atoms with E-state index in [1.54, 1.807) is 31.2 Å². The molecule has 1 N–H and O–H groups in total. The van der Waals surface area contributed by atoms with Gasteiger partial charge in [0.25, 0.3) is 17.1 Å². The van der Waals surface area contributed by atoms with Crippen LogP contribution in [-0.2, 0) is 19.1 Å². The zero-order valence-corrected chi connectivity index (χ0v) is 21.0. The van der Waals surface area contributed by atoms with Gasteiger partial charge in [0, 0.05) is 10.7 Å². The van der Waals surface area contributed by atoms with Gasteiger partial charge in [-0.05, 0) is 66.7 Å². The summed E-state index contributed by atoms with van der Waals surface area (Å²) in [6.07, 6.45) is 1.45. The zero-order valence-electron chi connectivity index (χ0n) is 18.6. The van der Waals surface area contributed by atoms with E-state index in [9.17, 15) is 19.2 Å². The van der Waals surface area contributed by atoms with Gasteiger partial charge < -0.3 is 19.5 Å². The number of nitrogens with one attached hydrogen (secondary N) is 1. The van der Waals surface area contributed by atoms with Crippen molar-refractivity contribution in [2.75, 3.05) is 32.2 Å². The van der Waals surface area contributed by atoms with Crippen LogP contribution in [-0.4, -0.2) is 54.8 Å². The smallest absolute Gasteiger partial charge is 0.326 e. The summed E-state index contributed by atoms with van der Waals surface area (Å²) in [7, 11) is 1.39. The Morgan fingerprint density at radius 2 is 1.86 bits per heavy atom. The Morgan fingerprint density at radius 3 is 2.51 bits per heavy atom. The number of halogens is 2. The minimum Gasteiger partial charge on any atom is -0.493 e. The summed E-state index contributed by atoms with van der Waals surface area (Å²) in [4.78, 5) is 49.6. The maximum atomic E-state index is 12.6. The Kier molecular flexibility index (Phi) is 9.02. The molecule has 1 aliphatic heterocycles. The van der Waals surface area contributed by atoms with Gasteiger partial charge in [-0.3, -0.25) is 24.1 Å². The summed E-state index contributed by atoms with van der Waals surface area (Å²) < 4.78 is 15.7. The van der Waals surface area contributed by atoms with E-state index in [2.05, 4.69) is 5.32 Å². The van der Waals surface area contributed by atoms with Crippen LogP contribution in [0, 0.1) is 0 Å². The Bertz CT molecular complexity index is 1190. The number of rotatable bonds is 9. The molecule has 3 rings (SSSR count). The van der Waals surface area contributed by atoms with Crippen LogP contribution in [0.5, 0.6) is 11.5 Å². The second-order valence-corrected chi connectivity index (χ2v) is 8.79. The van der Waals surface area contributed by atoms with Crippen LogP contribution in [0.4, 0.5) is 10.5 Å². The minimum atomic E-state index is -0.678. The van der Waals surface area contributed by atoms with E-state index in [0.717, 1.165) is 4.90 Å². The first-order chi connectivity index (χ1) is 16.7. The van der Waals surface area contributed by atoms with E-state index in [0.29, 0.717) is 28.0 Å². The summed E-state index contributed by atoms with van der Waals surface area (Å²) in [6.45, 7) is 0.957. The molecule has 0 atom stereocenters. The number of carbonyl (C=O) groups excluding carboxylic acids is 4. The monoisotopic (exact) mass is 538 g/mol. The number of carbonyl (C=O) groups is 4. The van der Waals surface area contributed by atoms with Crippen LogP contribution >= 0.6 is 35.0 Å². The first-order valence-corrected chi connectivity index (χ1v) is 11.8. The lowest BCUT2D eigenvalue weighted by molar-refractivity contribution is -0.146. The number of imide groups is 1. The predicted molar refractivity (Wildman–Crippen MR) is 133 cm³/mol. The van der Waals surface area contributed by atoms with Crippen LogP contribution < -0.4 is 14.8 Å². The van der Waals surface area contributed by atoms with Gasteiger partial charge in [0.05, 0.1) is 23.6 Å².